The predicted molar refractivity (Wildman–Crippen MR) is 49.8 cm³/mol. The van der Waals surface area contributed by atoms with Crippen molar-refractivity contribution in [2.45, 2.75) is 33.6 Å². The summed E-state index contributed by atoms with van der Waals surface area (Å²) in [7, 11) is 0. The van der Waals surface area contributed by atoms with Crippen LogP contribution in [-0.4, -0.2) is 12.6 Å². The molecular formula is C10H18O2. The summed E-state index contributed by atoms with van der Waals surface area (Å²) in [5.74, 6) is -0.334. The zero-order valence-electron chi connectivity index (χ0n) is 8.22. The van der Waals surface area contributed by atoms with Crippen LogP contribution >= 0.6 is 0 Å². The standard InChI is InChI=1S/C10H18O2/c1-5-7-10(3,4)8-12-9(11)6-2/h6H,2,5,7-8H2,1,3-4H3. The van der Waals surface area contributed by atoms with Crippen LogP contribution in [0.1, 0.15) is 33.6 Å². The fourth-order valence-corrected chi connectivity index (χ4v) is 1.07. The van der Waals surface area contributed by atoms with Crippen molar-refractivity contribution in [1.82, 2.24) is 0 Å². The number of carbonyl (C=O) groups is 1. The van der Waals surface area contributed by atoms with Gasteiger partial charge in [0.25, 0.3) is 0 Å². The lowest BCUT2D eigenvalue weighted by atomic mass is 9.89. The smallest absolute Gasteiger partial charge is 0.330 e. The van der Waals surface area contributed by atoms with Crippen molar-refractivity contribution in [3.05, 3.63) is 12.7 Å². The fraction of sp³-hybridized carbons (Fsp3) is 0.700. The molecule has 0 amide bonds. The first-order valence-electron chi connectivity index (χ1n) is 4.31. The number of rotatable bonds is 5. The van der Waals surface area contributed by atoms with Crippen LogP contribution in [0.25, 0.3) is 0 Å². The predicted octanol–water partition coefficient (Wildman–Crippen LogP) is 2.54. The van der Waals surface area contributed by atoms with Gasteiger partial charge >= 0.3 is 5.97 Å². The fourth-order valence-electron chi connectivity index (χ4n) is 1.07. The zero-order chi connectivity index (χ0) is 9.61. The van der Waals surface area contributed by atoms with Gasteiger partial charge in [-0.05, 0) is 11.8 Å². The third-order valence-corrected chi connectivity index (χ3v) is 1.70. The minimum absolute atomic E-state index is 0.0907. The van der Waals surface area contributed by atoms with Gasteiger partial charge in [0.05, 0.1) is 6.61 Å². The van der Waals surface area contributed by atoms with E-state index in [-0.39, 0.29) is 11.4 Å². The molecule has 70 valence electrons. The maximum absolute atomic E-state index is 10.7. The second-order valence-electron chi connectivity index (χ2n) is 3.73. The highest BCUT2D eigenvalue weighted by atomic mass is 16.5. The molecule has 0 heterocycles. The Morgan fingerprint density at radius 2 is 2.17 bits per heavy atom. The van der Waals surface area contributed by atoms with E-state index in [9.17, 15) is 4.79 Å². The minimum atomic E-state index is -0.334. The molecule has 0 aromatic carbocycles. The van der Waals surface area contributed by atoms with Crippen molar-refractivity contribution in [2.24, 2.45) is 5.41 Å². The first kappa shape index (κ1) is 11.2. The van der Waals surface area contributed by atoms with Crippen LogP contribution < -0.4 is 0 Å². The van der Waals surface area contributed by atoms with Crippen molar-refractivity contribution >= 4 is 5.97 Å². The molecule has 0 N–H and O–H groups in total. The molecule has 0 aliphatic carbocycles. The van der Waals surface area contributed by atoms with Crippen molar-refractivity contribution in [1.29, 1.82) is 0 Å². The molecule has 0 fully saturated rings. The van der Waals surface area contributed by atoms with E-state index < -0.39 is 0 Å². The number of hydrogen-bond donors (Lipinski definition) is 0. The molecule has 0 rings (SSSR count). The largest absolute Gasteiger partial charge is 0.462 e. The van der Waals surface area contributed by atoms with Crippen LogP contribution in [0.15, 0.2) is 12.7 Å². The second kappa shape index (κ2) is 4.96. The molecule has 0 aromatic heterocycles. The van der Waals surface area contributed by atoms with Gasteiger partial charge in [-0.25, -0.2) is 4.79 Å². The first-order chi connectivity index (χ1) is 5.52. The third-order valence-electron chi connectivity index (χ3n) is 1.70. The van der Waals surface area contributed by atoms with Crippen LogP contribution in [0.3, 0.4) is 0 Å². The van der Waals surface area contributed by atoms with E-state index in [0.717, 1.165) is 12.8 Å². The van der Waals surface area contributed by atoms with Crippen molar-refractivity contribution < 1.29 is 9.53 Å². The van der Waals surface area contributed by atoms with Gasteiger partial charge in [0.2, 0.25) is 0 Å². The molecule has 0 atom stereocenters. The Kier molecular flexibility index (Phi) is 4.64. The van der Waals surface area contributed by atoms with E-state index in [1.807, 2.05) is 0 Å². The lowest BCUT2D eigenvalue weighted by molar-refractivity contribution is -0.140. The topological polar surface area (TPSA) is 26.3 Å². The third kappa shape index (κ3) is 4.94. The van der Waals surface area contributed by atoms with Crippen LogP contribution in [0.2, 0.25) is 0 Å². The summed E-state index contributed by atoms with van der Waals surface area (Å²) in [6.07, 6.45) is 3.37. The monoisotopic (exact) mass is 170 g/mol. The summed E-state index contributed by atoms with van der Waals surface area (Å²) in [5, 5.41) is 0. The molecule has 12 heavy (non-hydrogen) atoms. The Bertz CT molecular complexity index is 159. The Balaban J connectivity index is 3.74. The number of esters is 1. The van der Waals surface area contributed by atoms with Gasteiger partial charge < -0.3 is 4.74 Å². The lowest BCUT2D eigenvalue weighted by Crippen LogP contribution is -2.20. The van der Waals surface area contributed by atoms with E-state index in [1.54, 1.807) is 0 Å². The van der Waals surface area contributed by atoms with Gasteiger partial charge in [-0.3, -0.25) is 0 Å². The van der Waals surface area contributed by atoms with Crippen molar-refractivity contribution in [3.63, 3.8) is 0 Å². The quantitative estimate of drug-likeness (QED) is 0.468. The highest BCUT2D eigenvalue weighted by Crippen LogP contribution is 2.22. The Hall–Kier alpha value is -0.790. The Morgan fingerprint density at radius 3 is 2.58 bits per heavy atom. The maximum Gasteiger partial charge on any atom is 0.330 e. The van der Waals surface area contributed by atoms with E-state index in [4.69, 9.17) is 4.74 Å². The van der Waals surface area contributed by atoms with Crippen LogP contribution in [0.4, 0.5) is 0 Å². The van der Waals surface area contributed by atoms with Crippen molar-refractivity contribution in [2.75, 3.05) is 6.61 Å². The van der Waals surface area contributed by atoms with Gasteiger partial charge in [0, 0.05) is 6.08 Å². The van der Waals surface area contributed by atoms with Gasteiger partial charge in [0.15, 0.2) is 0 Å². The number of hydrogen-bond acceptors (Lipinski definition) is 2. The molecule has 2 nitrogen and oxygen atoms in total. The molecule has 2 heteroatoms. The van der Waals surface area contributed by atoms with E-state index >= 15 is 0 Å². The normalized spacial score (nSPS) is 10.9. The molecule has 0 bridgehead atoms. The highest BCUT2D eigenvalue weighted by molar-refractivity contribution is 5.81. The van der Waals surface area contributed by atoms with Crippen LogP contribution in [0, 0.1) is 5.41 Å². The first-order valence-corrected chi connectivity index (χ1v) is 4.31. The van der Waals surface area contributed by atoms with E-state index in [0.29, 0.717) is 6.61 Å². The van der Waals surface area contributed by atoms with Crippen LogP contribution in [0.5, 0.6) is 0 Å². The Morgan fingerprint density at radius 1 is 1.58 bits per heavy atom. The molecule has 0 saturated heterocycles. The van der Waals surface area contributed by atoms with Crippen molar-refractivity contribution in [3.8, 4) is 0 Å². The van der Waals surface area contributed by atoms with E-state index in [1.165, 1.54) is 6.08 Å². The van der Waals surface area contributed by atoms with Crippen LogP contribution in [-0.2, 0) is 9.53 Å². The average molecular weight is 170 g/mol. The molecule has 0 aromatic rings. The molecule has 0 saturated carbocycles. The average Bonchev–Trinajstić information content (AvgIpc) is 2.00. The summed E-state index contributed by atoms with van der Waals surface area (Å²) in [4.78, 5) is 10.7. The summed E-state index contributed by atoms with van der Waals surface area (Å²) in [6, 6.07) is 0. The van der Waals surface area contributed by atoms with Gasteiger partial charge in [0.1, 0.15) is 0 Å². The molecule has 0 radical (unpaired) electrons. The molecule has 0 aliphatic heterocycles. The Labute approximate surface area is 74.6 Å². The summed E-state index contributed by atoms with van der Waals surface area (Å²) >= 11 is 0. The van der Waals surface area contributed by atoms with Gasteiger partial charge in [-0.1, -0.05) is 33.8 Å². The summed E-state index contributed by atoms with van der Waals surface area (Å²) in [5.41, 5.74) is 0.0907. The van der Waals surface area contributed by atoms with Gasteiger partial charge in [-0.2, -0.15) is 0 Å². The van der Waals surface area contributed by atoms with Gasteiger partial charge in [-0.15, -0.1) is 0 Å². The maximum atomic E-state index is 10.7. The molecular weight excluding hydrogens is 152 g/mol. The van der Waals surface area contributed by atoms with E-state index in [2.05, 4.69) is 27.4 Å². The zero-order valence-corrected chi connectivity index (χ0v) is 8.22. The molecule has 0 aliphatic rings. The highest BCUT2D eigenvalue weighted by Gasteiger charge is 2.18. The molecule has 0 spiro atoms. The molecule has 0 unspecified atom stereocenters. The summed E-state index contributed by atoms with van der Waals surface area (Å²) in [6.45, 7) is 10.1. The SMILES string of the molecule is C=CC(=O)OCC(C)(C)CCC. The number of ether oxygens (including phenoxy) is 1. The summed E-state index contributed by atoms with van der Waals surface area (Å²) < 4.78 is 4.95. The lowest BCUT2D eigenvalue weighted by Gasteiger charge is -2.22. The second-order valence-corrected chi connectivity index (χ2v) is 3.73. The number of carbonyl (C=O) groups excluding carboxylic acids is 1. The minimum Gasteiger partial charge on any atom is -0.462 e.